The lowest BCUT2D eigenvalue weighted by molar-refractivity contribution is 0.475. The van der Waals surface area contributed by atoms with E-state index >= 15 is 0 Å². The Labute approximate surface area is 110 Å². The molecule has 0 saturated heterocycles. The van der Waals surface area contributed by atoms with Crippen LogP contribution in [0.5, 0.6) is 5.75 Å². The molecular weight excluding hydrogens is 246 g/mol. The Balaban J connectivity index is 2.49. The monoisotopic (exact) mass is 261 g/mol. The minimum absolute atomic E-state index is 0.264. The van der Waals surface area contributed by atoms with Crippen LogP contribution in [-0.2, 0) is 7.05 Å². The largest absolute Gasteiger partial charge is 0.508 e. The SMILES string of the molecule is CC(C)=N/N=c1\scc(-c2cccc(O)c2)n1C. The third-order valence-corrected chi connectivity index (χ3v) is 3.31. The maximum Gasteiger partial charge on any atom is 0.210 e. The van der Waals surface area contributed by atoms with Crippen molar-refractivity contribution in [3.8, 4) is 17.0 Å². The molecule has 1 N–H and O–H groups in total. The number of hydrogen-bond acceptors (Lipinski definition) is 4. The molecule has 1 aromatic carbocycles. The first-order valence-electron chi connectivity index (χ1n) is 5.57. The molecule has 0 bridgehead atoms. The lowest BCUT2D eigenvalue weighted by Gasteiger charge is -2.02. The van der Waals surface area contributed by atoms with Gasteiger partial charge in [0.05, 0.1) is 5.69 Å². The Hall–Kier alpha value is -1.88. The molecule has 0 spiro atoms. The number of thiazole rings is 1. The van der Waals surface area contributed by atoms with Crippen LogP contribution in [-0.4, -0.2) is 15.4 Å². The first-order valence-corrected chi connectivity index (χ1v) is 6.44. The average Bonchev–Trinajstić information content (AvgIpc) is 2.68. The number of phenolic OH excluding ortho intramolecular Hbond substituents is 1. The summed E-state index contributed by atoms with van der Waals surface area (Å²) in [7, 11) is 1.94. The fourth-order valence-electron chi connectivity index (χ4n) is 1.53. The molecule has 2 rings (SSSR count). The van der Waals surface area contributed by atoms with E-state index in [1.807, 2.05) is 43.0 Å². The lowest BCUT2D eigenvalue weighted by atomic mass is 10.1. The van der Waals surface area contributed by atoms with Gasteiger partial charge in [-0.3, -0.25) is 0 Å². The van der Waals surface area contributed by atoms with Gasteiger partial charge in [0.15, 0.2) is 0 Å². The van der Waals surface area contributed by atoms with Gasteiger partial charge < -0.3 is 9.67 Å². The highest BCUT2D eigenvalue weighted by Crippen LogP contribution is 2.22. The fraction of sp³-hybridized carbons (Fsp3) is 0.231. The summed E-state index contributed by atoms with van der Waals surface area (Å²) in [6.45, 7) is 3.82. The predicted octanol–water partition coefficient (Wildman–Crippen LogP) is 2.76. The summed E-state index contributed by atoms with van der Waals surface area (Å²) in [4.78, 5) is 0.828. The standard InChI is InChI=1S/C13H15N3OS/c1-9(2)14-15-13-16(3)12(8-18-13)10-5-4-6-11(17)7-10/h4-8,17H,1-3H3/b15-13-. The van der Waals surface area contributed by atoms with E-state index in [1.165, 1.54) is 11.3 Å². The Kier molecular flexibility index (Phi) is 3.62. The highest BCUT2D eigenvalue weighted by atomic mass is 32.1. The van der Waals surface area contributed by atoms with Crippen molar-refractivity contribution in [3.63, 3.8) is 0 Å². The summed E-state index contributed by atoms with van der Waals surface area (Å²) in [6.07, 6.45) is 0. The third kappa shape index (κ3) is 2.68. The quantitative estimate of drug-likeness (QED) is 0.656. The van der Waals surface area contributed by atoms with E-state index in [2.05, 4.69) is 10.2 Å². The van der Waals surface area contributed by atoms with Crippen LogP contribution in [0.2, 0.25) is 0 Å². The molecule has 1 aromatic heterocycles. The molecule has 0 unspecified atom stereocenters. The van der Waals surface area contributed by atoms with E-state index in [0.717, 1.165) is 21.8 Å². The smallest absolute Gasteiger partial charge is 0.210 e. The van der Waals surface area contributed by atoms with Gasteiger partial charge in [0.2, 0.25) is 4.80 Å². The Bertz CT molecular complexity index is 648. The molecule has 2 aromatic rings. The van der Waals surface area contributed by atoms with Crippen molar-refractivity contribution < 1.29 is 5.11 Å². The van der Waals surface area contributed by atoms with Gasteiger partial charge in [0.1, 0.15) is 5.75 Å². The van der Waals surface area contributed by atoms with Crippen molar-refractivity contribution in [2.24, 2.45) is 17.3 Å². The van der Waals surface area contributed by atoms with Crippen molar-refractivity contribution in [3.05, 3.63) is 34.4 Å². The van der Waals surface area contributed by atoms with Gasteiger partial charge in [-0.1, -0.05) is 12.1 Å². The van der Waals surface area contributed by atoms with Crippen LogP contribution in [0.25, 0.3) is 11.3 Å². The van der Waals surface area contributed by atoms with Crippen LogP contribution in [0.1, 0.15) is 13.8 Å². The summed E-state index contributed by atoms with van der Waals surface area (Å²) in [5.41, 5.74) is 2.90. The van der Waals surface area contributed by atoms with E-state index < -0.39 is 0 Å². The number of aromatic nitrogens is 1. The first-order chi connectivity index (χ1) is 8.58. The molecule has 0 radical (unpaired) electrons. The maximum absolute atomic E-state index is 9.50. The van der Waals surface area contributed by atoms with Gasteiger partial charge in [-0.2, -0.15) is 5.10 Å². The van der Waals surface area contributed by atoms with Crippen LogP contribution >= 0.6 is 11.3 Å². The zero-order valence-electron chi connectivity index (χ0n) is 10.6. The Morgan fingerprint density at radius 2 is 2.11 bits per heavy atom. The Morgan fingerprint density at radius 3 is 2.78 bits per heavy atom. The van der Waals surface area contributed by atoms with E-state index in [-0.39, 0.29) is 5.75 Å². The molecule has 0 aliphatic heterocycles. The second-order valence-electron chi connectivity index (χ2n) is 4.16. The Morgan fingerprint density at radius 1 is 1.33 bits per heavy atom. The zero-order chi connectivity index (χ0) is 13.1. The molecule has 4 nitrogen and oxygen atoms in total. The highest BCUT2D eigenvalue weighted by Gasteiger charge is 2.04. The van der Waals surface area contributed by atoms with Crippen molar-refractivity contribution in [1.29, 1.82) is 0 Å². The van der Waals surface area contributed by atoms with Gasteiger partial charge in [-0.05, 0) is 26.0 Å². The molecule has 0 fully saturated rings. The van der Waals surface area contributed by atoms with E-state index in [0.29, 0.717) is 0 Å². The van der Waals surface area contributed by atoms with E-state index in [4.69, 9.17) is 0 Å². The van der Waals surface area contributed by atoms with Crippen LogP contribution in [0.15, 0.2) is 39.8 Å². The minimum atomic E-state index is 0.264. The number of aromatic hydroxyl groups is 1. The molecule has 0 aliphatic carbocycles. The van der Waals surface area contributed by atoms with Crippen LogP contribution < -0.4 is 4.80 Å². The molecule has 0 aliphatic rings. The zero-order valence-corrected chi connectivity index (χ0v) is 11.4. The van der Waals surface area contributed by atoms with Gasteiger partial charge in [-0.25, -0.2) is 0 Å². The molecule has 0 atom stereocenters. The molecule has 0 saturated carbocycles. The molecule has 18 heavy (non-hydrogen) atoms. The van der Waals surface area contributed by atoms with Crippen LogP contribution in [0.4, 0.5) is 0 Å². The summed E-state index contributed by atoms with van der Waals surface area (Å²) in [5.74, 6) is 0.264. The topological polar surface area (TPSA) is 49.9 Å². The number of benzene rings is 1. The molecule has 1 heterocycles. The molecule has 5 heteroatoms. The number of phenols is 1. The number of rotatable bonds is 2. The normalized spacial score (nSPS) is 11.6. The van der Waals surface area contributed by atoms with Crippen molar-refractivity contribution >= 4 is 17.0 Å². The highest BCUT2D eigenvalue weighted by molar-refractivity contribution is 7.07. The number of nitrogens with zero attached hydrogens (tertiary/aromatic N) is 3. The first kappa shape index (κ1) is 12.6. The van der Waals surface area contributed by atoms with E-state index in [9.17, 15) is 5.11 Å². The fourth-order valence-corrected chi connectivity index (χ4v) is 2.39. The molecule has 94 valence electrons. The second-order valence-corrected chi connectivity index (χ2v) is 5.00. The molecular formula is C13H15N3OS. The predicted molar refractivity (Wildman–Crippen MR) is 74.7 cm³/mol. The molecule has 0 amide bonds. The van der Waals surface area contributed by atoms with Crippen molar-refractivity contribution in [1.82, 2.24) is 4.57 Å². The van der Waals surface area contributed by atoms with Gasteiger partial charge in [0, 0.05) is 23.7 Å². The van der Waals surface area contributed by atoms with Crippen molar-refractivity contribution in [2.45, 2.75) is 13.8 Å². The van der Waals surface area contributed by atoms with Crippen molar-refractivity contribution in [2.75, 3.05) is 0 Å². The summed E-state index contributed by atoms with van der Waals surface area (Å²) < 4.78 is 1.96. The van der Waals surface area contributed by atoms with Crippen LogP contribution in [0.3, 0.4) is 0 Å². The maximum atomic E-state index is 9.50. The number of hydrogen-bond donors (Lipinski definition) is 1. The summed E-state index contributed by atoms with van der Waals surface area (Å²) in [5, 5.41) is 19.7. The van der Waals surface area contributed by atoms with Gasteiger partial charge in [0.25, 0.3) is 0 Å². The summed E-state index contributed by atoms with van der Waals surface area (Å²) >= 11 is 1.53. The summed E-state index contributed by atoms with van der Waals surface area (Å²) in [6, 6.07) is 7.18. The third-order valence-electron chi connectivity index (χ3n) is 2.40. The van der Waals surface area contributed by atoms with Gasteiger partial charge >= 0.3 is 0 Å². The lowest BCUT2D eigenvalue weighted by Crippen LogP contribution is -2.10. The van der Waals surface area contributed by atoms with Crippen LogP contribution in [0, 0.1) is 0 Å². The minimum Gasteiger partial charge on any atom is -0.508 e. The van der Waals surface area contributed by atoms with E-state index in [1.54, 1.807) is 12.1 Å². The average molecular weight is 261 g/mol. The second kappa shape index (κ2) is 5.18. The van der Waals surface area contributed by atoms with Gasteiger partial charge in [-0.15, -0.1) is 16.4 Å².